The first-order valence-electron chi connectivity index (χ1n) is 9.34. The van der Waals surface area contributed by atoms with Crippen LogP contribution in [-0.4, -0.2) is 41.4 Å². The van der Waals surface area contributed by atoms with Crippen LogP contribution < -0.4 is 9.47 Å². The summed E-state index contributed by atoms with van der Waals surface area (Å²) >= 11 is 0. The maximum atomic E-state index is 13.2. The van der Waals surface area contributed by atoms with E-state index in [9.17, 15) is 4.79 Å². The molecule has 0 aliphatic carbocycles. The van der Waals surface area contributed by atoms with Crippen LogP contribution in [0.1, 0.15) is 34.8 Å². The number of nitrogens with zero attached hydrogens (tertiary/aromatic N) is 3. The maximum Gasteiger partial charge on any atom is 0.254 e. The molecule has 1 saturated heterocycles. The quantitative estimate of drug-likeness (QED) is 0.677. The number of methoxy groups -OCH3 is 2. The highest BCUT2D eigenvalue weighted by Crippen LogP contribution is 2.37. The van der Waals surface area contributed by atoms with Gasteiger partial charge in [-0.15, -0.1) is 0 Å². The Labute approximate surface area is 164 Å². The molecule has 3 aromatic rings. The summed E-state index contributed by atoms with van der Waals surface area (Å²) in [6.45, 7) is 0.749. The number of rotatable bonds is 5. The fourth-order valence-corrected chi connectivity index (χ4v) is 3.76. The number of hydrogen-bond acceptors (Lipinski definition) is 4. The summed E-state index contributed by atoms with van der Waals surface area (Å²) in [6.07, 6.45) is 5.53. The van der Waals surface area contributed by atoms with Crippen molar-refractivity contribution in [3.63, 3.8) is 0 Å². The number of carbonyl (C=O) groups is 1. The first-order valence-corrected chi connectivity index (χ1v) is 9.34. The standard InChI is InChI=1S/C22H23N3O3/c1-27-20-11-8-17(15-21(20)28-2)19-5-3-13-24(19)22(26)16-6-9-18(10-7-16)25-14-4-12-23-25/h4,6-12,14-15,19H,3,5,13H2,1-2H3. The molecular formula is C22H23N3O3. The predicted molar refractivity (Wildman–Crippen MR) is 106 cm³/mol. The number of benzene rings is 2. The van der Waals surface area contributed by atoms with E-state index in [1.54, 1.807) is 25.1 Å². The van der Waals surface area contributed by atoms with E-state index in [1.165, 1.54) is 0 Å². The second-order valence-electron chi connectivity index (χ2n) is 6.77. The van der Waals surface area contributed by atoms with Crippen LogP contribution in [0.25, 0.3) is 5.69 Å². The van der Waals surface area contributed by atoms with Crippen molar-refractivity contribution in [3.8, 4) is 17.2 Å². The van der Waals surface area contributed by atoms with Crippen LogP contribution in [-0.2, 0) is 0 Å². The molecule has 1 aliphatic rings. The average Bonchev–Trinajstić information content (AvgIpc) is 3.45. The Bertz CT molecular complexity index is 952. The van der Waals surface area contributed by atoms with Crippen molar-refractivity contribution in [1.82, 2.24) is 14.7 Å². The van der Waals surface area contributed by atoms with Crippen molar-refractivity contribution in [2.24, 2.45) is 0 Å². The molecule has 144 valence electrons. The Morgan fingerprint density at radius 1 is 1.07 bits per heavy atom. The Kier molecular flexibility index (Phi) is 5.02. The monoisotopic (exact) mass is 377 g/mol. The number of amides is 1. The molecule has 0 N–H and O–H groups in total. The minimum atomic E-state index is 0.0399. The molecule has 1 atom stereocenters. The SMILES string of the molecule is COc1ccc(C2CCCN2C(=O)c2ccc(-n3cccn3)cc2)cc1OC. The van der Waals surface area contributed by atoms with E-state index < -0.39 is 0 Å². The van der Waals surface area contributed by atoms with E-state index in [1.807, 2.05) is 59.6 Å². The number of likely N-dealkylation sites (tertiary alicyclic amines) is 1. The molecule has 0 radical (unpaired) electrons. The average molecular weight is 377 g/mol. The third kappa shape index (κ3) is 3.33. The minimum Gasteiger partial charge on any atom is -0.493 e. The summed E-state index contributed by atoms with van der Waals surface area (Å²) < 4.78 is 12.5. The van der Waals surface area contributed by atoms with Crippen molar-refractivity contribution in [1.29, 1.82) is 0 Å². The van der Waals surface area contributed by atoms with Gasteiger partial charge in [0.15, 0.2) is 11.5 Å². The highest BCUT2D eigenvalue weighted by atomic mass is 16.5. The normalized spacial score (nSPS) is 16.2. The van der Waals surface area contributed by atoms with Crippen molar-refractivity contribution in [2.45, 2.75) is 18.9 Å². The highest BCUT2D eigenvalue weighted by molar-refractivity contribution is 5.94. The van der Waals surface area contributed by atoms with Gasteiger partial charge in [0.2, 0.25) is 0 Å². The lowest BCUT2D eigenvalue weighted by molar-refractivity contribution is 0.0735. The van der Waals surface area contributed by atoms with Crippen molar-refractivity contribution >= 4 is 5.91 Å². The van der Waals surface area contributed by atoms with Gasteiger partial charge in [-0.05, 0) is 60.9 Å². The molecule has 2 aromatic carbocycles. The molecule has 1 aliphatic heterocycles. The van der Waals surface area contributed by atoms with Crippen LogP contribution in [0.3, 0.4) is 0 Å². The lowest BCUT2D eigenvalue weighted by Gasteiger charge is -2.26. The summed E-state index contributed by atoms with van der Waals surface area (Å²) in [5, 5.41) is 4.22. The fraction of sp³-hybridized carbons (Fsp3) is 0.273. The van der Waals surface area contributed by atoms with E-state index in [0.717, 1.165) is 30.6 Å². The van der Waals surface area contributed by atoms with E-state index in [2.05, 4.69) is 5.10 Å². The summed E-state index contributed by atoms with van der Waals surface area (Å²) in [7, 11) is 3.25. The zero-order chi connectivity index (χ0) is 19.5. The van der Waals surface area contributed by atoms with Gasteiger partial charge in [-0.3, -0.25) is 4.79 Å². The molecular weight excluding hydrogens is 354 g/mol. The smallest absolute Gasteiger partial charge is 0.254 e. The van der Waals surface area contributed by atoms with E-state index in [4.69, 9.17) is 9.47 Å². The Hall–Kier alpha value is -3.28. The van der Waals surface area contributed by atoms with Gasteiger partial charge in [-0.25, -0.2) is 4.68 Å². The number of carbonyl (C=O) groups excluding carboxylic acids is 1. The molecule has 0 bridgehead atoms. The van der Waals surface area contributed by atoms with E-state index >= 15 is 0 Å². The summed E-state index contributed by atoms with van der Waals surface area (Å²) in [5.41, 5.74) is 2.68. The Balaban J connectivity index is 1.57. The Morgan fingerprint density at radius 3 is 2.54 bits per heavy atom. The van der Waals surface area contributed by atoms with Gasteiger partial charge in [0.25, 0.3) is 5.91 Å². The molecule has 6 heteroatoms. The van der Waals surface area contributed by atoms with Gasteiger partial charge >= 0.3 is 0 Å². The van der Waals surface area contributed by atoms with Gasteiger partial charge < -0.3 is 14.4 Å². The molecule has 2 heterocycles. The zero-order valence-corrected chi connectivity index (χ0v) is 16.0. The predicted octanol–water partition coefficient (Wildman–Crippen LogP) is 3.87. The van der Waals surface area contributed by atoms with Gasteiger partial charge in [0.05, 0.1) is 25.9 Å². The molecule has 1 unspecified atom stereocenters. The van der Waals surface area contributed by atoms with Crippen LogP contribution in [0.2, 0.25) is 0 Å². The molecule has 1 fully saturated rings. The van der Waals surface area contributed by atoms with Crippen LogP contribution >= 0.6 is 0 Å². The lowest BCUT2D eigenvalue weighted by Crippen LogP contribution is -2.30. The van der Waals surface area contributed by atoms with Crippen molar-refractivity contribution in [2.75, 3.05) is 20.8 Å². The molecule has 6 nitrogen and oxygen atoms in total. The topological polar surface area (TPSA) is 56.6 Å². The van der Waals surface area contributed by atoms with E-state index in [0.29, 0.717) is 17.1 Å². The second kappa shape index (κ2) is 7.76. The molecule has 0 spiro atoms. The summed E-state index contributed by atoms with van der Waals surface area (Å²) in [5.74, 6) is 1.42. The molecule has 1 amide bonds. The van der Waals surface area contributed by atoms with Crippen LogP contribution in [0.5, 0.6) is 11.5 Å². The number of hydrogen-bond donors (Lipinski definition) is 0. The highest BCUT2D eigenvalue weighted by Gasteiger charge is 2.31. The van der Waals surface area contributed by atoms with Gasteiger partial charge in [0.1, 0.15) is 0 Å². The van der Waals surface area contributed by atoms with E-state index in [-0.39, 0.29) is 11.9 Å². The van der Waals surface area contributed by atoms with Gasteiger partial charge in [0, 0.05) is 24.5 Å². The third-order valence-corrected chi connectivity index (χ3v) is 5.19. The zero-order valence-electron chi connectivity index (χ0n) is 16.0. The van der Waals surface area contributed by atoms with Gasteiger partial charge in [-0.1, -0.05) is 6.07 Å². The first-order chi connectivity index (χ1) is 13.7. The largest absolute Gasteiger partial charge is 0.493 e. The molecule has 4 rings (SSSR count). The molecule has 0 saturated carbocycles. The van der Waals surface area contributed by atoms with Gasteiger partial charge in [-0.2, -0.15) is 5.10 Å². The molecule has 1 aromatic heterocycles. The summed E-state index contributed by atoms with van der Waals surface area (Å²) in [6, 6.07) is 15.4. The summed E-state index contributed by atoms with van der Waals surface area (Å²) in [4.78, 5) is 15.1. The number of ether oxygens (including phenoxy) is 2. The van der Waals surface area contributed by atoms with Crippen molar-refractivity contribution in [3.05, 3.63) is 72.1 Å². The second-order valence-corrected chi connectivity index (χ2v) is 6.77. The van der Waals surface area contributed by atoms with Crippen LogP contribution in [0, 0.1) is 0 Å². The van der Waals surface area contributed by atoms with Crippen LogP contribution in [0.15, 0.2) is 60.9 Å². The van der Waals surface area contributed by atoms with Crippen LogP contribution in [0.4, 0.5) is 0 Å². The fourth-order valence-electron chi connectivity index (χ4n) is 3.76. The molecule has 28 heavy (non-hydrogen) atoms. The number of aromatic nitrogens is 2. The lowest BCUT2D eigenvalue weighted by atomic mass is 10.0. The first kappa shape index (κ1) is 18.1. The third-order valence-electron chi connectivity index (χ3n) is 5.19. The Morgan fingerprint density at radius 2 is 1.86 bits per heavy atom. The maximum absolute atomic E-state index is 13.2. The minimum absolute atomic E-state index is 0.0399. The van der Waals surface area contributed by atoms with Crippen molar-refractivity contribution < 1.29 is 14.3 Å².